The first-order chi connectivity index (χ1) is 16.3. The summed E-state index contributed by atoms with van der Waals surface area (Å²) in [6, 6.07) is 20.7. The minimum absolute atomic E-state index is 0.110. The fraction of sp³-hybridized carbons (Fsp3) is 0.231. The normalized spacial score (nSPS) is 11.9. The predicted molar refractivity (Wildman–Crippen MR) is 140 cm³/mol. The molecule has 8 heteroatoms. The maximum absolute atomic E-state index is 12.9. The average Bonchev–Trinajstić information content (AvgIpc) is 2.83. The number of rotatable bonds is 8. The van der Waals surface area contributed by atoms with Gasteiger partial charge in [0.1, 0.15) is 0 Å². The molecule has 0 fully saturated rings. The SMILES string of the molecule is CCN(CC)S(=O)(=O)c1ccc2nc(SCC(=O)Nc3cccc4ccccc34)cc(C)c2c1. The van der Waals surface area contributed by atoms with Crippen LogP contribution in [0.15, 0.2) is 76.7 Å². The summed E-state index contributed by atoms with van der Waals surface area (Å²) >= 11 is 1.35. The van der Waals surface area contributed by atoms with Crippen LogP contribution >= 0.6 is 11.8 Å². The second-order valence-corrected chi connectivity index (χ2v) is 10.8. The summed E-state index contributed by atoms with van der Waals surface area (Å²) in [4.78, 5) is 17.5. The zero-order valence-electron chi connectivity index (χ0n) is 19.4. The van der Waals surface area contributed by atoms with Gasteiger partial charge in [-0.2, -0.15) is 4.31 Å². The van der Waals surface area contributed by atoms with Crippen molar-refractivity contribution in [3.8, 4) is 0 Å². The second kappa shape index (κ2) is 10.1. The van der Waals surface area contributed by atoms with Crippen molar-refractivity contribution in [2.75, 3.05) is 24.2 Å². The van der Waals surface area contributed by atoms with Crippen LogP contribution in [0.2, 0.25) is 0 Å². The Labute approximate surface area is 204 Å². The molecule has 0 aliphatic rings. The lowest BCUT2D eigenvalue weighted by Gasteiger charge is -2.19. The van der Waals surface area contributed by atoms with Crippen molar-refractivity contribution < 1.29 is 13.2 Å². The van der Waals surface area contributed by atoms with Crippen molar-refractivity contribution in [2.45, 2.75) is 30.7 Å². The lowest BCUT2D eigenvalue weighted by Crippen LogP contribution is -2.30. The van der Waals surface area contributed by atoms with Gasteiger partial charge in [-0.25, -0.2) is 13.4 Å². The minimum Gasteiger partial charge on any atom is -0.325 e. The summed E-state index contributed by atoms with van der Waals surface area (Å²) in [5.74, 6) is 0.108. The van der Waals surface area contributed by atoms with Crippen molar-refractivity contribution in [2.24, 2.45) is 0 Å². The van der Waals surface area contributed by atoms with Gasteiger partial charge in [-0.1, -0.05) is 62.0 Å². The van der Waals surface area contributed by atoms with E-state index in [4.69, 9.17) is 0 Å². The van der Waals surface area contributed by atoms with Crippen LogP contribution in [0.5, 0.6) is 0 Å². The molecule has 0 aliphatic carbocycles. The summed E-state index contributed by atoms with van der Waals surface area (Å²) in [6.45, 7) is 6.43. The first-order valence-electron chi connectivity index (χ1n) is 11.2. The summed E-state index contributed by atoms with van der Waals surface area (Å²) in [6.07, 6.45) is 0. The van der Waals surface area contributed by atoms with E-state index in [1.165, 1.54) is 16.1 Å². The molecule has 176 valence electrons. The third-order valence-corrected chi connectivity index (χ3v) is 8.68. The molecule has 0 spiro atoms. The Morgan fingerprint density at radius 2 is 1.71 bits per heavy atom. The number of amides is 1. The fourth-order valence-electron chi connectivity index (χ4n) is 3.95. The van der Waals surface area contributed by atoms with Crippen molar-refractivity contribution in [1.82, 2.24) is 9.29 Å². The van der Waals surface area contributed by atoms with E-state index in [1.54, 1.807) is 18.2 Å². The number of carbonyl (C=O) groups is 1. The molecule has 0 aliphatic heterocycles. The maximum Gasteiger partial charge on any atom is 0.243 e. The van der Waals surface area contributed by atoms with E-state index in [0.29, 0.717) is 18.6 Å². The second-order valence-electron chi connectivity index (χ2n) is 7.91. The highest BCUT2D eigenvalue weighted by molar-refractivity contribution is 7.99. The Morgan fingerprint density at radius 3 is 2.47 bits per heavy atom. The van der Waals surface area contributed by atoms with E-state index in [1.807, 2.05) is 69.3 Å². The zero-order valence-corrected chi connectivity index (χ0v) is 21.0. The molecule has 1 N–H and O–H groups in total. The van der Waals surface area contributed by atoms with Gasteiger partial charge in [-0.05, 0) is 48.2 Å². The van der Waals surface area contributed by atoms with E-state index >= 15 is 0 Å². The van der Waals surface area contributed by atoms with E-state index < -0.39 is 10.0 Å². The van der Waals surface area contributed by atoms with Gasteiger partial charge >= 0.3 is 0 Å². The summed E-state index contributed by atoms with van der Waals surface area (Å²) in [5.41, 5.74) is 2.40. The number of benzene rings is 3. The molecule has 1 amide bonds. The lowest BCUT2D eigenvalue weighted by molar-refractivity contribution is -0.113. The molecule has 1 aromatic heterocycles. The van der Waals surface area contributed by atoms with E-state index in [0.717, 1.165) is 32.4 Å². The first kappa shape index (κ1) is 24.2. The van der Waals surface area contributed by atoms with Gasteiger partial charge in [-0.3, -0.25) is 4.79 Å². The Kier molecular flexibility index (Phi) is 7.21. The number of aryl methyl sites for hydroxylation is 1. The number of sulfonamides is 1. The topological polar surface area (TPSA) is 79.4 Å². The molecular weight excluding hydrogens is 466 g/mol. The molecule has 6 nitrogen and oxygen atoms in total. The first-order valence-corrected chi connectivity index (χ1v) is 13.6. The molecule has 4 rings (SSSR count). The number of carbonyl (C=O) groups excluding carboxylic acids is 1. The van der Waals surface area contributed by atoms with Crippen LogP contribution in [0.25, 0.3) is 21.7 Å². The van der Waals surface area contributed by atoms with Crippen LogP contribution in [-0.4, -0.2) is 42.5 Å². The Morgan fingerprint density at radius 1 is 0.971 bits per heavy atom. The maximum atomic E-state index is 12.9. The van der Waals surface area contributed by atoms with Crippen LogP contribution in [-0.2, 0) is 14.8 Å². The third-order valence-electron chi connectivity index (χ3n) is 5.72. The number of pyridine rings is 1. The van der Waals surface area contributed by atoms with Crippen LogP contribution in [0.1, 0.15) is 19.4 Å². The van der Waals surface area contributed by atoms with Gasteiger partial charge in [0.2, 0.25) is 15.9 Å². The van der Waals surface area contributed by atoms with E-state index in [2.05, 4.69) is 10.3 Å². The van der Waals surface area contributed by atoms with Gasteiger partial charge in [0, 0.05) is 29.5 Å². The predicted octanol–water partition coefficient (Wildman–Crippen LogP) is 5.46. The number of fused-ring (bicyclic) bond motifs is 2. The molecule has 3 aromatic carbocycles. The fourth-order valence-corrected chi connectivity index (χ4v) is 6.21. The zero-order chi connectivity index (χ0) is 24.3. The van der Waals surface area contributed by atoms with Crippen LogP contribution in [0, 0.1) is 6.92 Å². The van der Waals surface area contributed by atoms with Gasteiger partial charge in [0.05, 0.1) is 21.2 Å². The monoisotopic (exact) mass is 493 g/mol. The number of hydrogen-bond acceptors (Lipinski definition) is 5. The number of nitrogens with one attached hydrogen (secondary N) is 1. The molecule has 0 unspecified atom stereocenters. The van der Waals surface area contributed by atoms with Crippen LogP contribution in [0.3, 0.4) is 0 Å². The molecule has 0 saturated carbocycles. The van der Waals surface area contributed by atoms with Crippen molar-refractivity contribution in [3.05, 3.63) is 72.3 Å². The Balaban J connectivity index is 1.51. The minimum atomic E-state index is -3.54. The van der Waals surface area contributed by atoms with Gasteiger partial charge in [-0.15, -0.1) is 0 Å². The highest BCUT2D eigenvalue weighted by atomic mass is 32.2. The number of thioether (sulfide) groups is 1. The molecule has 34 heavy (non-hydrogen) atoms. The Hall–Kier alpha value is -2.94. The van der Waals surface area contributed by atoms with E-state index in [9.17, 15) is 13.2 Å². The van der Waals surface area contributed by atoms with Crippen molar-refractivity contribution in [3.63, 3.8) is 0 Å². The summed E-state index contributed by atoms with van der Waals surface area (Å²) < 4.78 is 27.2. The molecule has 0 bridgehead atoms. The van der Waals surface area contributed by atoms with Crippen molar-refractivity contribution in [1.29, 1.82) is 0 Å². The number of nitrogens with zero attached hydrogens (tertiary/aromatic N) is 2. The molecule has 1 heterocycles. The number of aromatic nitrogens is 1. The van der Waals surface area contributed by atoms with E-state index in [-0.39, 0.29) is 16.6 Å². The summed E-state index contributed by atoms with van der Waals surface area (Å²) in [5, 5.41) is 6.57. The van der Waals surface area contributed by atoms with Gasteiger partial charge in [0.25, 0.3) is 0 Å². The molecule has 0 radical (unpaired) electrons. The summed E-state index contributed by atoms with van der Waals surface area (Å²) in [7, 11) is -3.54. The third kappa shape index (κ3) is 4.94. The quantitative estimate of drug-likeness (QED) is 0.330. The average molecular weight is 494 g/mol. The Bertz CT molecular complexity index is 1460. The van der Waals surface area contributed by atoms with Crippen molar-refractivity contribution >= 4 is 55.1 Å². The van der Waals surface area contributed by atoms with Crippen LogP contribution < -0.4 is 5.32 Å². The standard InChI is InChI=1S/C26H27N3O3S2/c1-4-29(5-2)34(31,32)20-13-14-24-22(16-20)18(3)15-26(28-24)33-17-25(30)27-23-12-8-10-19-9-6-7-11-21(19)23/h6-16H,4-5,17H2,1-3H3,(H,27,30). The molecule has 4 aromatic rings. The smallest absolute Gasteiger partial charge is 0.243 e. The molecule has 0 atom stereocenters. The molecular formula is C26H27N3O3S2. The van der Waals surface area contributed by atoms with Crippen LogP contribution in [0.4, 0.5) is 5.69 Å². The largest absolute Gasteiger partial charge is 0.325 e. The lowest BCUT2D eigenvalue weighted by atomic mass is 10.1. The highest BCUT2D eigenvalue weighted by Crippen LogP contribution is 2.28. The number of hydrogen-bond donors (Lipinski definition) is 1. The highest BCUT2D eigenvalue weighted by Gasteiger charge is 2.22. The van der Waals surface area contributed by atoms with Gasteiger partial charge < -0.3 is 5.32 Å². The molecule has 0 saturated heterocycles. The van der Waals surface area contributed by atoms with Gasteiger partial charge in [0.15, 0.2) is 0 Å². The number of anilines is 1.